The number of rotatable bonds is 7. The van der Waals surface area contributed by atoms with E-state index in [1.807, 2.05) is 0 Å². The van der Waals surface area contributed by atoms with Crippen LogP contribution in [-0.2, 0) is 8.85 Å². The van der Waals surface area contributed by atoms with Crippen LogP contribution in [0, 0.1) is 11.8 Å². The molecule has 2 rings (SSSR count). The lowest BCUT2D eigenvalue weighted by Gasteiger charge is -2.45. The fraction of sp³-hybridized carbons (Fsp3) is 1.00. The fourth-order valence-electron chi connectivity index (χ4n) is 4.82. The minimum atomic E-state index is -2.09. The van der Waals surface area contributed by atoms with Crippen molar-refractivity contribution in [2.24, 2.45) is 11.8 Å². The Labute approximate surface area is 133 Å². The molecule has 5 atom stereocenters. The highest BCUT2D eigenvalue weighted by molar-refractivity contribution is 6.70. The van der Waals surface area contributed by atoms with E-state index in [-0.39, 0.29) is 0 Å². The zero-order valence-electron chi connectivity index (χ0n) is 14.7. The summed E-state index contributed by atoms with van der Waals surface area (Å²) in [7, 11) is -2.09. The largest absolute Gasteiger partial charge is 0.394 e. The van der Waals surface area contributed by atoms with E-state index < -0.39 is 8.56 Å². The quantitative estimate of drug-likeness (QED) is 0.564. The SMILES string of the molecule is CCCO[Si](OCC)(C1CCCC(C)C1)C1CCCC1C. The summed E-state index contributed by atoms with van der Waals surface area (Å²) >= 11 is 0. The van der Waals surface area contributed by atoms with Crippen molar-refractivity contribution in [2.75, 3.05) is 13.2 Å². The summed E-state index contributed by atoms with van der Waals surface area (Å²) < 4.78 is 13.3. The third-order valence-electron chi connectivity index (χ3n) is 5.79. The fourth-order valence-corrected chi connectivity index (χ4v) is 10.3. The first-order valence-corrected chi connectivity index (χ1v) is 11.4. The predicted octanol–water partition coefficient (Wildman–Crippen LogP) is 5.66. The molecule has 3 heteroatoms. The summed E-state index contributed by atoms with van der Waals surface area (Å²) in [5, 5.41) is 0. The Morgan fingerprint density at radius 3 is 2.29 bits per heavy atom. The molecule has 0 heterocycles. The lowest BCUT2D eigenvalue weighted by Crippen LogP contribution is -2.53. The molecule has 2 saturated carbocycles. The molecule has 2 nitrogen and oxygen atoms in total. The Morgan fingerprint density at radius 2 is 1.71 bits per heavy atom. The molecule has 0 aliphatic heterocycles. The molecule has 0 amide bonds. The van der Waals surface area contributed by atoms with Gasteiger partial charge in [0.25, 0.3) is 0 Å². The van der Waals surface area contributed by atoms with Gasteiger partial charge in [-0.2, -0.15) is 0 Å². The molecular weight excluding hydrogens is 276 g/mol. The molecule has 0 aromatic rings. The molecule has 0 aromatic carbocycles. The van der Waals surface area contributed by atoms with Crippen LogP contribution >= 0.6 is 0 Å². The summed E-state index contributed by atoms with van der Waals surface area (Å²) in [5.41, 5.74) is 1.47. The first kappa shape index (κ1) is 17.5. The van der Waals surface area contributed by atoms with Crippen molar-refractivity contribution in [3.63, 3.8) is 0 Å². The molecule has 0 N–H and O–H groups in total. The standard InChI is InChI=1S/C18H36O2Si/c1-5-13-20-21(19-6-2,18-12-8-10-16(18)4)17-11-7-9-15(3)14-17/h15-18H,5-14H2,1-4H3. The summed E-state index contributed by atoms with van der Waals surface area (Å²) in [6.45, 7) is 11.0. The lowest BCUT2D eigenvalue weighted by atomic mass is 9.90. The highest BCUT2D eigenvalue weighted by Gasteiger charge is 2.55. The van der Waals surface area contributed by atoms with Gasteiger partial charge < -0.3 is 8.85 Å². The van der Waals surface area contributed by atoms with Crippen LogP contribution < -0.4 is 0 Å². The van der Waals surface area contributed by atoms with Crippen molar-refractivity contribution in [3.05, 3.63) is 0 Å². The number of hydrogen-bond donors (Lipinski definition) is 0. The summed E-state index contributed by atoms with van der Waals surface area (Å²) in [4.78, 5) is 0. The second-order valence-electron chi connectivity index (χ2n) is 7.49. The molecule has 5 unspecified atom stereocenters. The van der Waals surface area contributed by atoms with Gasteiger partial charge in [0.1, 0.15) is 0 Å². The average Bonchev–Trinajstić information content (AvgIpc) is 2.90. The van der Waals surface area contributed by atoms with Gasteiger partial charge in [0.2, 0.25) is 0 Å². The molecule has 2 fully saturated rings. The van der Waals surface area contributed by atoms with Gasteiger partial charge in [0, 0.05) is 24.3 Å². The molecule has 0 radical (unpaired) electrons. The van der Waals surface area contributed by atoms with Crippen LogP contribution in [0.1, 0.15) is 79.1 Å². The first-order chi connectivity index (χ1) is 10.1. The van der Waals surface area contributed by atoms with Gasteiger partial charge in [-0.1, -0.05) is 46.5 Å². The Kier molecular flexibility index (Phi) is 6.76. The van der Waals surface area contributed by atoms with Crippen LogP contribution in [0.3, 0.4) is 0 Å². The van der Waals surface area contributed by atoms with Crippen LogP contribution in [0.2, 0.25) is 11.1 Å². The van der Waals surface area contributed by atoms with Crippen molar-refractivity contribution in [3.8, 4) is 0 Å². The van der Waals surface area contributed by atoms with Crippen molar-refractivity contribution in [2.45, 2.75) is 90.1 Å². The van der Waals surface area contributed by atoms with E-state index in [2.05, 4.69) is 27.7 Å². The van der Waals surface area contributed by atoms with Gasteiger partial charge in [-0.05, 0) is 44.4 Å². The minimum Gasteiger partial charge on any atom is -0.394 e. The van der Waals surface area contributed by atoms with Gasteiger partial charge in [-0.15, -0.1) is 0 Å². The van der Waals surface area contributed by atoms with Crippen molar-refractivity contribution >= 4 is 8.56 Å². The molecule has 0 aromatic heterocycles. The van der Waals surface area contributed by atoms with E-state index in [1.54, 1.807) is 0 Å². The number of hydrogen-bond acceptors (Lipinski definition) is 2. The third kappa shape index (κ3) is 3.91. The molecule has 2 aliphatic carbocycles. The molecule has 0 bridgehead atoms. The van der Waals surface area contributed by atoms with Crippen molar-refractivity contribution < 1.29 is 8.85 Å². The van der Waals surface area contributed by atoms with Crippen LogP contribution in [0.25, 0.3) is 0 Å². The first-order valence-electron chi connectivity index (χ1n) is 9.41. The van der Waals surface area contributed by atoms with Crippen LogP contribution in [0.5, 0.6) is 0 Å². The zero-order valence-corrected chi connectivity index (χ0v) is 15.7. The van der Waals surface area contributed by atoms with E-state index in [1.165, 1.54) is 44.9 Å². The molecular formula is C18H36O2Si. The second-order valence-corrected chi connectivity index (χ2v) is 11.1. The Hall–Kier alpha value is 0.137. The molecule has 21 heavy (non-hydrogen) atoms. The average molecular weight is 313 g/mol. The summed E-state index contributed by atoms with van der Waals surface area (Å²) in [6.07, 6.45) is 10.7. The van der Waals surface area contributed by atoms with E-state index in [0.717, 1.165) is 42.6 Å². The minimum absolute atomic E-state index is 0.735. The highest BCUT2D eigenvalue weighted by atomic mass is 28.4. The lowest BCUT2D eigenvalue weighted by molar-refractivity contribution is 0.137. The maximum atomic E-state index is 6.68. The summed E-state index contributed by atoms with van der Waals surface area (Å²) in [6, 6.07) is 0. The normalized spacial score (nSPS) is 36.6. The van der Waals surface area contributed by atoms with Gasteiger partial charge in [-0.3, -0.25) is 0 Å². The van der Waals surface area contributed by atoms with Crippen molar-refractivity contribution in [1.29, 1.82) is 0 Å². The van der Waals surface area contributed by atoms with E-state index in [9.17, 15) is 0 Å². The van der Waals surface area contributed by atoms with E-state index >= 15 is 0 Å². The van der Waals surface area contributed by atoms with Gasteiger partial charge in [0.15, 0.2) is 0 Å². The second kappa shape index (κ2) is 8.12. The Balaban J connectivity index is 2.24. The van der Waals surface area contributed by atoms with Crippen LogP contribution in [0.4, 0.5) is 0 Å². The molecule has 0 spiro atoms. The van der Waals surface area contributed by atoms with Crippen molar-refractivity contribution in [1.82, 2.24) is 0 Å². The monoisotopic (exact) mass is 312 g/mol. The highest BCUT2D eigenvalue weighted by Crippen LogP contribution is 2.53. The zero-order chi connectivity index (χ0) is 15.3. The maximum Gasteiger partial charge on any atom is 0.344 e. The third-order valence-corrected chi connectivity index (χ3v) is 10.7. The van der Waals surface area contributed by atoms with Gasteiger partial charge in [-0.25, -0.2) is 0 Å². The predicted molar refractivity (Wildman–Crippen MR) is 91.8 cm³/mol. The maximum absolute atomic E-state index is 6.68. The van der Waals surface area contributed by atoms with Crippen LogP contribution in [-0.4, -0.2) is 21.8 Å². The smallest absolute Gasteiger partial charge is 0.344 e. The topological polar surface area (TPSA) is 18.5 Å². The molecule has 0 saturated heterocycles. The Bertz CT molecular complexity index is 310. The molecule has 124 valence electrons. The van der Waals surface area contributed by atoms with E-state index in [0.29, 0.717) is 0 Å². The summed E-state index contributed by atoms with van der Waals surface area (Å²) in [5.74, 6) is 1.66. The Morgan fingerprint density at radius 1 is 0.952 bits per heavy atom. The van der Waals surface area contributed by atoms with Gasteiger partial charge in [0.05, 0.1) is 0 Å². The molecule has 2 aliphatic rings. The van der Waals surface area contributed by atoms with E-state index in [4.69, 9.17) is 8.85 Å². The van der Waals surface area contributed by atoms with Gasteiger partial charge >= 0.3 is 8.56 Å². The van der Waals surface area contributed by atoms with Crippen LogP contribution in [0.15, 0.2) is 0 Å².